The lowest BCUT2D eigenvalue weighted by molar-refractivity contribution is -0.136. The van der Waals surface area contributed by atoms with Crippen molar-refractivity contribution < 1.29 is 9.59 Å². The number of carbonyl (C=O) groups excluding carboxylic acids is 2. The molecule has 0 aliphatic carbocycles. The smallest absolute Gasteiger partial charge is 0.266 e. The zero-order chi connectivity index (χ0) is 17.6. The van der Waals surface area contributed by atoms with Crippen LogP contribution in [0.1, 0.15) is 17.2 Å². The fourth-order valence-electron chi connectivity index (χ4n) is 3.49. The Balaban J connectivity index is 1.69. The van der Waals surface area contributed by atoms with Gasteiger partial charge in [0.2, 0.25) is 5.91 Å². The molecule has 4 rings (SSSR count). The minimum atomic E-state index is -0.472. The van der Waals surface area contributed by atoms with E-state index in [0.717, 1.165) is 10.6 Å². The Morgan fingerprint density at radius 3 is 2.52 bits per heavy atom. The number of hydrazine groups is 1. The van der Waals surface area contributed by atoms with E-state index < -0.39 is 6.04 Å². The molecule has 2 aliphatic heterocycles. The zero-order valence-corrected chi connectivity index (χ0v) is 15.7. The second-order valence-electron chi connectivity index (χ2n) is 6.22. The molecule has 1 aromatic carbocycles. The second-order valence-corrected chi connectivity index (χ2v) is 8.27. The molecule has 3 heterocycles. The van der Waals surface area contributed by atoms with Gasteiger partial charge in [0.15, 0.2) is 0 Å². The third kappa shape index (κ3) is 2.67. The largest absolute Gasteiger partial charge is 0.311 e. The molecule has 130 valence electrons. The van der Waals surface area contributed by atoms with E-state index in [0.29, 0.717) is 5.75 Å². The van der Waals surface area contributed by atoms with Gasteiger partial charge < -0.3 is 4.90 Å². The summed E-state index contributed by atoms with van der Waals surface area (Å²) in [6.45, 7) is 2.01. The average Bonchev–Trinajstić information content (AvgIpc) is 3.30. The number of amides is 2. The van der Waals surface area contributed by atoms with Gasteiger partial charge in [0.25, 0.3) is 5.91 Å². The molecule has 0 N–H and O–H groups in total. The van der Waals surface area contributed by atoms with Crippen molar-refractivity contribution in [1.82, 2.24) is 9.91 Å². The average molecular weight is 374 g/mol. The van der Waals surface area contributed by atoms with Crippen molar-refractivity contribution in [3.05, 3.63) is 52.7 Å². The van der Waals surface area contributed by atoms with E-state index >= 15 is 0 Å². The number of thiophene rings is 1. The fraction of sp³-hybridized carbons (Fsp3) is 0.333. The van der Waals surface area contributed by atoms with Crippen molar-refractivity contribution in [2.24, 2.45) is 0 Å². The summed E-state index contributed by atoms with van der Waals surface area (Å²) in [5.74, 6) is 0.421. The van der Waals surface area contributed by atoms with Gasteiger partial charge in [-0.3, -0.25) is 9.59 Å². The summed E-state index contributed by atoms with van der Waals surface area (Å²) in [5, 5.41) is 5.56. The highest BCUT2D eigenvalue weighted by Crippen LogP contribution is 2.44. The Hall–Kier alpha value is -1.83. The summed E-state index contributed by atoms with van der Waals surface area (Å²) in [6, 6.07) is 13.1. The van der Waals surface area contributed by atoms with Crippen LogP contribution in [-0.4, -0.2) is 46.6 Å². The topological polar surface area (TPSA) is 43.9 Å². The van der Waals surface area contributed by atoms with Crippen molar-refractivity contribution in [2.75, 3.05) is 17.8 Å². The number of para-hydroxylation sites is 1. The number of hydrogen-bond donors (Lipinski definition) is 0. The van der Waals surface area contributed by atoms with Gasteiger partial charge in [-0.05, 0) is 30.5 Å². The van der Waals surface area contributed by atoms with Crippen molar-refractivity contribution in [3.8, 4) is 0 Å². The van der Waals surface area contributed by atoms with Crippen LogP contribution in [-0.2, 0) is 9.59 Å². The molecule has 2 saturated heterocycles. The van der Waals surface area contributed by atoms with Crippen molar-refractivity contribution in [3.63, 3.8) is 0 Å². The maximum atomic E-state index is 13.3. The second kappa shape index (κ2) is 6.48. The first-order valence-corrected chi connectivity index (χ1v) is 10.1. The molecule has 7 heteroatoms. The van der Waals surface area contributed by atoms with Gasteiger partial charge in [-0.25, -0.2) is 10.0 Å². The molecule has 1 aromatic heterocycles. The minimum Gasteiger partial charge on any atom is -0.311 e. The summed E-state index contributed by atoms with van der Waals surface area (Å²) in [4.78, 5) is 28.8. The molecule has 0 radical (unpaired) electrons. The fourth-order valence-corrected chi connectivity index (χ4v) is 5.67. The molecular weight excluding hydrogens is 354 g/mol. The number of benzene rings is 1. The number of thioether (sulfide) groups is 1. The van der Waals surface area contributed by atoms with Crippen LogP contribution in [0.4, 0.5) is 5.69 Å². The Morgan fingerprint density at radius 1 is 1.08 bits per heavy atom. The summed E-state index contributed by atoms with van der Waals surface area (Å²) in [5.41, 5.74) is 0.830. The highest BCUT2D eigenvalue weighted by Gasteiger charge is 2.51. The van der Waals surface area contributed by atoms with E-state index in [9.17, 15) is 9.59 Å². The van der Waals surface area contributed by atoms with E-state index in [1.54, 1.807) is 33.0 Å². The van der Waals surface area contributed by atoms with Gasteiger partial charge in [-0.2, -0.15) is 0 Å². The third-order valence-electron chi connectivity index (χ3n) is 4.82. The highest BCUT2D eigenvalue weighted by molar-refractivity contribution is 8.00. The van der Waals surface area contributed by atoms with Crippen LogP contribution < -0.4 is 5.01 Å². The third-order valence-corrected chi connectivity index (χ3v) is 7.10. The molecular formula is C18H19N3O2S2. The summed E-state index contributed by atoms with van der Waals surface area (Å²) in [6.07, 6.45) is 0. The van der Waals surface area contributed by atoms with Crippen LogP contribution in [0.5, 0.6) is 0 Å². The molecule has 3 atom stereocenters. The SMILES string of the molecule is CC1C(N2C(=O)CSC2c2cccs2)C(=O)N(c2ccccc2)N1C. The van der Waals surface area contributed by atoms with Crippen LogP contribution in [0.25, 0.3) is 0 Å². The lowest BCUT2D eigenvalue weighted by atomic mass is 10.1. The molecule has 2 aromatic rings. The molecule has 2 aliphatic rings. The molecule has 3 unspecified atom stereocenters. The van der Waals surface area contributed by atoms with E-state index in [4.69, 9.17) is 0 Å². The number of anilines is 1. The minimum absolute atomic E-state index is 0.0388. The van der Waals surface area contributed by atoms with Crippen molar-refractivity contribution in [1.29, 1.82) is 0 Å². The molecule has 0 spiro atoms. The maximum Gasteiger partial charge on any atom is 0.266 e. The Morgan fingerprint density at radius 2 is 1.84 bits per heavy atom. The standard InChI is InChI=1S/C18H19N3O2S2/c1-12-16(17(23)21(19(12)2)13-7-4-3-5-8-13)20-15(22)11-25-18(20)14-9-6-10-24-14/h3-10,12,16,18H,11H2,1-2H3. The zero-order valence-electron chi connectivity index (χ0n) is 14.0. The van der Waals surface area contributed by atoms with Crippen LogP contribution in [0, 0.1) is 0 Å². The molecule has 0 bridgehead atoms. The first-order valence-electron chi connectivity index (χ1n) is 8.17. The molecule has 2 fully saturated rings. The van der Waals surface area contributed by atoms with Gasteiger partial charge in [-0.1, -0.05) is 24.3 Å². The van der Waals surface area contributed by atoms with Crippen LogP contribution in [0.3, 0.4) is 0 Å². The first-order chi connectivity index (χ1) is 12.1. The Labute approximate surface area is 155 Å². The molecule has 2 amide bonds. The van der Waals surface area contributed by atoms with Crippen LogP contribution >= 0.6 is 23.1 Å². The van der Waals surface area contributed by atoms with Crippen molar-refractivity contribution >= 4 is 40.6 Å². The highest BCUT2D eigenvalue weighted by atomic mass is 32.2. The van der Waals surface area contributed by atoms with Crippen LogP contribution in [0.15, 0.2) is 47.8 Å². The normalized spacial score (nSPS) is 27.5. The quantitative estimate of drug-likeness (QED) is 0.830. The van der Waals surface area contributed by atoms with Gasteiger partial charge in [0, 0.05) is 11.9 Å². The van der Waals surface area contributed by atoms with E-state index in [2.05, 4.69) is 0 Å². The maximum absolute atomic E-state index is 13.3. The summed E-state index contributed by atoms with van der Waals surface area (Å²) >= 11 is 3.24. The summed E-state index contributed by atoms with van der Waals surface area (Å²) in [7, 11) is 1.91. The predicted molar refractivity (Wildman–Crippen MR) is 101 cm³/mol. The van der Waals surface area contributed by atoms with E-state index in [1.165, 1.54) is 0 Å². The summed E-state index contributed by atoms with van der Waals surface area (Å²) < 4.78 is 0. The number of likely N-dealkylation sites (N-methyl/N-ethyl adjacent to an activating group) is 1. The Kier molecular flexibility index (Phi) is 4.31. The predicted octanol–water partition coefficient (Wildman–Crippen LogP) is 2.97. The number of hydrogen-bond acceptors (Lipinski definition) is 5. The van der Waals surface area contributed by atoms with E-state index in [1.807, 2.05) is 66.8 Å². The number of carbonyl (C=O) groups is 2. The van der Waals surface area contributed by atoms with Crippen molar-refractivity contribution in [2.45, 2.75) is 24.4 Å². The van der Waals surface area contributed by atoms with Gasteiger partial charge in [0.1, 0.15) is 11.4 Å². The lowest BCUT2D eigenvalue weighted by Gasteiger charge is -2.30. The lowest BCUT2D eigenvalue weighted by Crippen LogP contribution is -2.47. The number of rotatable bonds is 3. The molecule has 5 nitrogen and oxygen atoms in total. The van der Waals surface area contributed by atoms with Crippen LogP contribution in [0.2, 0.25) is 0 Å². The van der Waals surface area contributed by atoms with Gasteiger partial charge in [0.05, 0.1) is 17.5 Å². The number of nitrogens with zero attached hydrogens (tertiary/aromatic N) is 3. The first kappa shape index (κ1) is 16.6. The van der Waals surface area contributed by atoms with Gasteiger partial charge >= 0.3 is 0 Å². The van der Waals surface area contributed by atoms with E-state index in [-0.39, 0.29) is 23.2 Å². The molecule has 25 heavy (non-hydrogen) atoms. The Bertz CT molecular complexity index is 781. The molecule has 0 saturated carbocycles. The monoisotopic (exact) mass is 373 g/mol. The van der Waals surface area contributed by atoms with Gasteiger partial charge in [-0.15, -0.1) is 23.1 Å².